The molecule has 0 aliphatic rings. The molecule has 0 unspecified atom stereocenters. The molecule has 0 atom stereocenters. The Hall–Kier alpha value is -2.49. The number of nitrogens with zero attached hydrogens (tertiary/aromatic N) is 3. The number of hydrogen-bond donors (Lipinski definition) is 2. The maximum Gasteiger partial charge on any atom is 0.266 e. The van der Waals surface area contributed by atoms with Crippen molar-refractivity contribution in [2.24, 2.45) is 0 Å². The van der Waals surface area contributed by atoms with Crippen LogP contribution in [0.1, 0.15) is 21.1 Å². The normalized spacial score (nSPS) is 10.4. The van der Waals surface area contributed by atoms with Gasteiger partial charge in [0.15, 0.2) is 5.82 Å². The highest BCUT2D eigenvalue weighted by Crippen LogP contribution is 2.35. The number of carbonyl (C=O) groups excluding carboxylic acids is 1. The average Bonchev–Trinajstić information content (AvgIpc) is 2.93. The monoisotopic (exact) mass is 395 g/mol. The number of thiophene rings is 1. The van der Waals surface area contributed by atoms with Crippen LogP contribution < -0.4 is 15.8 Å². The van der Waals surface area contributed by atoms with E-state index in [0.717, 1.165) is 10.9 Å². The Kier molecular flexibility index (Phi) is 6.30. The molecule has 3 rings (SSSR count). The summed E-state index contributed by atoms with van der Waals surface area (Å²) in [5.74, 6) is 1.07. The summed E-state index contributed by atoms with van der Waals surface area (Å²) in [6.45, 7) is 2.11. The van der Waals surface area contributed by atoms with Gasteiger partial charge in [-0.1, -0.05) is 0 Å². The Morgan fingerprint density at radius 2 is 2.08 bits per heavy atom. The number of aromatic nitrogens is 3. The third-order valence-corrected chi connectivity index (χ3v) is 4.70. The number of nitrogen functional groups attached to an aromatic ring is 1. The van der Waals surface area contributed by atoms with Crippen molar-refractivity contribution in [1.82, 2.24) is 15.0 Å². The van der Waals surface area contributed by atoms with Crippen LogP contribution in [0.25, 0.3) is 10.2 Å². The van der Waals surface area contributed by atoms with Crippen LogP contribution in [-0.2, 0) is 11.3 Å². The number of pyridine rings is 1. The minimum absolute atomic E-state index is 0. The molecule has 3 aromatic rings. The third kappa shape index (κ3) is 3.85. The summed E-state index contributed by atoms with van der Waals surface area (Å²) in [7, 11) is 3.11. The zero-order valence-corrected chi connectivity index (χ0v) is 16.0. The van der Waals surface area contributed by atoms with Gasteiger partial charge in [0.05, 0.1) is 29.3 Å². The second kappa shape index (κ2) is 8.26. The SMILES string of the molecule is COCc1nc(OC)c2c(C)c(C(=O)Nc3ccc(N)nc3)sc2n1.Cl. The molecule has 0 fully saturated rings. The molecule has 0 saturated heterocycles. The zero-order valence-electron chi connectivity index (χ0n) is 14.4. The summed E-state index contributed by atoms with van der Waals surface area (Å²) in [5, 5.41) is 3.53. The number of fused-ring (bicyclic) bond motifs is 1. The Balaban J connectivity index is 0.00000243. The molecule has 1 amide bonds. The number of rotatable bonds is 5. The quantitative estimate of drug-likeness (QED) is 0.682. The lowest BCUT2D eigenvalue weighted by Crippen LogP contribution is -2.11. The maximum atomic E-state index is 12.6. The first-order valence-electron chi connectivity index (χ1n) is 7.39. The minimum atomic E-state index is -0.248. The van der Waals surface area contributed by atoms with E-state index in [-0.39, 0.29) is 24.9 Å². The number of carbonyl (C=O) groups is 1. The number of aryl methyl sites for hydroxylation is 1. The molecule has 138 valence electrons. The molecule has 0 saturated carbocycles. The molecule has 26 heavy (non-hydrogen) atoms. The molecule has 0 spiro atoms. The molecular weight excluding hydrogens is 378 g/mol. The van der Waals surface area contributed by atoms with Gasteiger partial charge in [-0.3, -0.25) is 4.79 Å². The van der Waals surface area contributed by atoms with Gasteiger partial charge >= 0.3 is 0 Å². The predicted octanol–water partition coefficient (Wildman–Crippen LogP) is 2.81. The van der Waals surface area contributed by atoms with Crippen molar-refractivity contribution in [3.63, 3.8) is 0 Å². The first-order chi connectivity index (χ1) is 12.0. The van der Waals surface area contributed by atoms with E-state index in [1.54, 1.807) is 19.2 Å². The Morgan fingerprint density at radius 3 is 2.69 bits per heavy atom. The number of hydrogen-bond acceptors (Lipinski definition) is 8. The molecule has 10 heteroatoms. The minimum Gasteiger partial charge on any atom is -0.480 e. The highest BCUT2D eigenvalue weighted by Gasteiger charge is 2.21. The lowest BCUT2D eigenvalue weighted by molar-refractivity contribution is 0.103. The van der Waals surface area contributed by atoms with Crippen molar-refractivity contribution in [1.29, 1.82) is 0 Å². The van der Waals surface area contributed by atoms with Gasteiger partial charge in [-0.25, -0.2) is 9.97 Å². The fraction of sp³-hybridized carbons (Fsp3) is 0.250. The van der Waals surface area contributed by atoms with Crippen LogP contribution in [0.5, 0.6) is 5.88 Å². The van der Waals surface area contributed by atoms with Crippen LogP contribution in [0.15, 0.2) is 18.3 Å². The molecule has 3 N–H and O–H groups in total. The number of anilines is 2. The van der Waals surface area contributed by atoms with Gasteiger partial charge in [-0.15, -0.1) is 23.7 Å². The van der Waals surface area contributed by atoms with Crippen LogP contribution in [0.4, 0.5) is 11.5 Å². The lowest BCUT2D eigenvalue weighted by Gasteiger charge is -2.05. The molecule has 0 aromatic carbocycles. The van der Waals surface area contributed by atoms with E-state index in [1.807, 2.05) is 6.92 Å². The van der Waals surface area contributed by atoms with Gasteiger partial charge in [0, 0.05) is 7.11 Å². The summed E-state index contributed by atoms with van der Waals surface area (Å²) in [6, 6.07) is 3.32. The van der Waals surface area contributed by atoms with Crippen LogP contribution >= 0.6 is 23.7 Å². The van der Waals surface area contributed by atoms with Crippen molar-refractivity contribution in [2.75, 3.05) is 25.3 Å². The standard InChI is InChI=1S/C16H17N5O3S.ClH/c1-8-12-15(24-3)20-11(7-23-2)21-16(12)25-13(8)14(22)19-9-4-5-10(17)18-6-9;/h4-6H,7H2,1-3H3,(H2,17,18)(H,19,22);1H. The average molecular weight is 396 g/mol. The van der Waals surface area contributed by atoms with E-state index in [0.29, 0.717) is 32.9 Å². The third-order valence-electron chi connectivity index (χ3n) is 3.52. The Labute approximate surface area is 160 Å². The van der Waals surface area contributed by atoms with Gasteiger partial charge in [0.1, 0.15) is 17.3 Å². The fourth-order valence-corrected chi connectivity index (χ4v) is 3.45. The van der Waals surface area contributed by atoms with Crippen molar-refractivity contribution in [3.8, 4) is 5.88 Å². The molecule has 0 aliphatic heterocycles. The van der Waals surface area contributed by atoms with Crippen molar-refractivity contribution in [3.05, 3.63) is 34.6 Å². The van der Waals surface area contributed by atoms with Gasteiger partial charge < -0.3 is 20.5 Å². The molecular formula is C16H18ClN5O3S. The maximum absolute atomic E-state index is 12.6. The fourth-order valence-electron chi connectivity index (χ4n) is 2.37. The molecule has 0 bridgehead atoms. The van der Waals surface area contributed by atoms with E-state index < -0.39 is 0 Å². The summed E-state index contributed by atoms with van der Waals surface area (Å²) in [6.07, 6.45) is 1.51. The van der Waals surface area contributed by atoms with Crippen LogP contribution in [0.2, 0.25) is 0 Å². The van der Waals surface area contributed by atoms with Crippen molar-refractivity contribution < 1.29 is 14.3 Å². The largest absolute Gasteiger partial charge is 0.480 e. The van der Waals surface area contributed by atoms with E-state index >= 15 is 0 Å². The number of amides is 1. The van der Waals surface area contributed by atoms with E-state index in [2.05, 4.69) is 20.3 Å². The summed E-state index contributed by atoms with van der Waals surface area (Å²) >= 11 is 1.28. The van der Waals surface area contributed by atoms with Gasteiger partial charge in [0.2, 0.25) is 5.88 Å². The molecule has 3 heterocycles. The summed E-state index contributed by atoms with van der Waals surface area (Å²) < 4.78 is 10.4. The number of halogens is 1. The highest BCUT2D eigenvalue weighted by molar-refractivity contribution is 7.20. The summed E-state index contributed by atoms with van der Waals surface area (Å²) in [5.41, 5.74) is 6.88. The van der Waals surface area contributed by atoms with Gasteiger partial charge in [-0.2, -0.15) is 4.98 Å². The number of nitrogens with two attached hydrogens (primary N) is 1. The van der Waals surface area contributed by atoms with E-state index in [4.69, 9.17) is 15.2 Å². The van der Waals surface area contributed by atoms with Crippen LogP contribution in [-0.4, -0.2) is 35.1 Å². The first kappa shape index (κ1) is 19.8. The van der Waals surface area contributed by atoms with Gasteiger partial charge in [0.25, 0.3) is 5.91 Å². The topological polar surface area (TPSA) is 112 Å². The smallest absolute Gasteiger partial charge is 0.266 e. The van der Waals surface area contributed by atoms with Crippen molar-refractivity contribution >= 4 is 51.4 Å². The van der Waals surface area contributed by atoms with E-state index in [1.165, 1.54) is 24.6 Å². The molecule has 3 aromatic heterocycles. The van der Waals surface area contributed by atoms with Crippen molar-refractivity contribution in [2.45, 2.75) is 13.5 Å². The first-order valence-corrected chi connectivity index (χ1v) is 8.21. The Morgan fingerprint density at radius 1 is 1.31 bits per heavy atom. The highest BCUT2D eigenvalue weighted by atomic mass is 35.5. The Bertz CT molecular complexity index is 930. The number of methoxy groups -OCH3 is 2. The van der Waals surface area contributed by atoms with Crippen LogP contribution in [0.3, 0.4) is 0 Å². The molecule has 0 radical (unpaired) electrons. The van der Waals surface area contributed by atoms with E-state index in [9.17, 15) is 4.79 Å². The summed E-state index contributed by atoms with van der Waals surface area (Å²) in [4.78, 5) is 26.6. The number of nitrogens with one attached hydrogen (secondary N) is 1. The predicted molar refractivity (Wildman–Crippen MR) is 103 cm³/mol. The van der Waals surface area contributed by atoms with Crippen LogP contribution in [0, 0.1) is 6.92 Å². The second-order valence-corrected chi connectivity index (χ2v) is 6.24. The second-order valence-electron chi connectivity index (χ2n) is 5.24. The molecule has 0 aliphatic carbocycles. The number of ether oxygens (including phenoxy) is 2. The van der Waals surface area contributed by atoms with Gasteiger partial charge in [-0.05, 0) is 24.6 Å². The zero-order chi connectivity index (χ0) is 18.0. The lowest BCUT2D eigenvalue weighted by atomic mass is 10.2. The molecule has 8 nitrogen and oxygen atoms in total.